The molecule has 1 aromatic heterocycles. The maximum Gasteiger partial charge on any atom is 0.270 e. The predicted octanol–water partition coefficient (Wildman–Crippen LogP) is 4.23. The summed E-state index contributed by atoms with van der Waals surface area (Å²) in [5.74, 6) is -0.663. The third kappa shape index (κ3) is 3.60. The number of amides is 2. The number of halogens is 1. The Labute approximate surface area is 171 Å². The van der Waals surface area contributed by atoms with E-state index >= 15 is 0 Å². The van der Waals surface area contributed by atoms with Crippen LogP contribution in [-0.4, -0.2) is 16.9 Å². The van der Waals surface area contributed by atoms with Crippen LogP contribution in [0.25, 0.3) is 17.4 Å². The summed E-state index contributed by atoms with van der Waals surface area (Å²) in [7, 11) is 0. The molecule has 1 saturated heterocycles. The number of carbonyl (C=O) groups is 2. The van der Waals surface area contributed by atoms with Gasteiger partial charge in [-0.15, -0.1) is 0 Å². The van der Waals surface area contributed by atoms with Gasteiger partial charge < -0.3 is 4.42 Å². The Bertz CT molecular complexity index is 1160. The summed E-state index contributed by atoms with van der Waals surface area (Å²) in [5.41, 5.74) is 2.02. The molecular weight excluding hydrogens is 391 g/mol. The van der Waals surface area contributed by atoms with Crippen LogP contribution in [0.1, 0.15) is 11.3 Å². The zero-order valence-electron chi connectivity index (χ0n) is 15.3. The molecule has 1 aliphatic rings. The number of rotatable bonds is 3. The minimum Gasteiger partial charge on any atom is -0.457 e. The standard InChI is InChI=1S/C22H15FN2O3S/c1-13-4-2-3-5-18(13)25-21(27)17(20(26)24-22(25)29)12-16-10-11-19(28-16)14-6-8-15(23)9-7-14/h2-12H,1H3,(H,24,26,29)/b17-12-. The first-order chi connectivity index (χ1) is 13.9. The number of hydrogen-bond acceptors (Lipinski definition) is 4. The predicted molar refractivity (Wildman–Crippen MR) is 111 cm³/mol. The van der Waals surface area contributed by atoms with Crippen LogP contribution >= 0.6 is 12.2 Å². The molecule has 3 aromatic rings. The van der Waals surface area contributed by atoms with Gasteiger partial charge in [-0.2, -0.15) is 0 Å². The molecule has 29 heavy (non-hydrogen) atoms. The van der Waals surface area contributed by atoms with Crippen LogP contribution in [0.5, 0.6) is 0 Å². The molecule has 4 rings (SSSR count). The minimum absolute atomic E-state index is 0.0258. The monoisotopic (exact) mass is 406 g/mol. The Hall–Kier alpha value is -3.58. The molecule has 0 radical (unpaired) electrons. The van der Waals surface area contributed by atoms with Gasteiger partial charge >= 0.3 is 0 Å². The molecule has 1 fully saturated rings. The lowest BCUT2D eigenvalue weighted by atomic mass is 10.1. The van der Waals surface area contributed by atoms with Gasteiger partial charge in [-0.25, -0.2) is 4.39 Å². The highest BCUT2D eigenvalue weighted by atomic mass is 32.1. The third-order valence-electron chi connectivity index (χ3n) is 4.50. The van der Waals surface area contributed by atoms with Crippen molar-refractivity contribution in [3.05, 3.63) is 83.4 Å². The maximum absolute atomic E-state index is 13.1. The average Bonchev–Trinajstić information content (AvgIpc) is 3.16. The van der Waals surface area contributed by atoms with Crippen molar-refractivity contribution < 1.29 is 18.4 Å². The number of nitrogens with zero attached hydrogens (tertiary/aromatic N) is 1. The molecule has 1 aliphatic heterocycles. The smallest absolute Gasteiger partial charge is 0.270 e. The second-order valence-corrected chi connectivity index (χ2v) is 6.84. The number of carbonyl (C=O) groups excluding carboxylic acids is 2. The molecule has 7 heteroatoms. The first-order valence-corrected chi connectivity index (χ1v) is 9.18. The fourth-order valence-corrected chi connectivity index (χ4v) is 3.31. The molecular formula is C22H15FN2O3S. The van der Waals surface area contributed by atoms with Gasteiger partial charge in [0.2, 0.25) is 0 Å². The summed E-state index contributed by atoms with van der Waals surface area (Å²) >= 11 is 5.21. The quantitative estimate of drug-likeness (QED) is 0.402. The Morgan fingerprint density at radius 1 is 1.03 bits per heavy atom. The summed E-state index contributed by atoms with van der Waals surface area (Å²) in [6.45, 7) is 1.85. The van der Waals surface area contributed by atoms with Crippen LogP contribution in [0.4, 0.5) is 10.1 Å². The van der Waals surface area contributed by atoms with Crippen molar-refractivity contribution in [1.29, 1.82) is 0 Å². The number of aryl methyl sites for hydroxylation is 1. The van der Waals surface area contributed by atoms with Crippen LogP contribution in [0.2, 0.25) is 0 Å². The van der Waals surface area contributed by atoms with Crippen molar-refractivity contribution in [3.63, 3.8) is 0 Å². The topological polar surface area (TPSA) is 62.6 Å². The van der Waals surface area contributed by atoms with Crippen molar-refractivity contribution in [2.75, 3.05) is 4.90 Å². The Kier molecular flexibility index (Phi) is 4.82. The van der Waals surface area contributed by atoms with E-state index in [1.807, 2.05) is 19.1 Å². The molecule has 2 amide bonds. The molecule has 144 valence electrons. The summed E-state index contributed by atoms with van der Waals surface area (Å²) in [6.07, 6.45) is 1.37. The Morgan fingerprint density at radius 3 is 2.48 bits per heavy atom. The second-order valence-electron chi connectivity index (χ2n) is 6.45. The number of anilines is 1. The number of furan rings is 1. The van der Waals surface area contributed by atoms with E-state index in [-0.39, 0.29) is 16.5 Å². The van der Waals surface area contributed by atoms with Gasteiger partial charge in [0.15, 0.2) is 5.11 Å². The van der Waals surface area contributed by atoms with Crippen molar-refractivity contribution in [2.24, 2.45) is 0 Å². The van der Waals surface area contributed by atoms with Crippen molar-refractivity contribution in [3.8, 4) is 11.3 Å². The lowest BCUT2D eigenvalue weighted by Crippen LogP contribution is -2.54. The first-order valence-electron chi connectivity index (χ1n) is 8.77. The van der Waals surface area contributed by atoms with Gasteiger partial charge in [0.05, 0.1) is 5.69 Å². The lowest BCUT2D eigenvalue weighted by Gasteiger charge is -2.29. The first kappa shape index (κ1) is 18.8. The summed E-state index contributed by atoms with van der Waals surface area (Å²) in [5, 5.41) is 2.57. The third-order valence-corrected chi connectivity index (χ3v) is 4.78. The second kappa shape index (κ2) is 7.44. The zero-order valence-corrected chi connectivity index (χ0v) is 16.1. The van der Waals surface area contributed by atoms with Gasteiger partial charge in [0.25, 0.3) is 11.8 Å². The largest absolute Gasteiger partial charge is 0.457 e. The average molecular weight is 406 g/mol. The fraction of sp³-hybridized carbons (Fsp3) is 0.0455. The van der Waals surface area contributed by atoms with E-state index in [0.717, 1.165) is 5.56 Å². The fourth-order valence-electron chi connectivity index (χ4n) is 3.03. The van der Waals surface area contributed by atoms with E-state index in [9.17, 15) is 14.0 Å². The zero-order chi connectivity index (χ0) is 20.5. The van der Waals surface area contributed by atoms with E-state index in [0.29, 0.717) is 22.8 Å². The number of hydrogen-bond donors (Lipinski definition) is 1. The van der Waals surface area contributed by atoms with Crippen LogP contribution in [-0.2, 0) is 9.59 Å². The molecule has 0 unspecified atom stereocenters. The number of thiocarbonyl (C=S) groups is 1. The Balaban J connectivity index is 1.68. The molecule has 0 aliphatic carbocycles. The van der Waals surface area contributed by atoms with Crippen molar-refractivity contribution >= 4 is 40.9 Å². The van der Waals surface area contributed by atoms with E-state index in [4.69, 9.17) is 16.6 Å². The molecule has 1 N–H and O–H groups in total. The van der Waals surface area contributed by atoms with E-state index in [2.05, 4.69) is 5.32 Å². The Morgan fingerprint density at radius 2 is 1.76 bits per heavy atom. The van der Waals surface area contributed by atoms with Crippen LogP contribution in [0.15, 0.2) is 70.7 Å². The van der Waals surface area contributed by atoms with Crippen molar-refractivity contribution in [1.82, 2.24) is 5.32 Å². The van der Waals surface area contributed by atoms with E-state index < -0.39 is 11.8 Å². The lowest BCUT2D eigenvalue weighted by molar-refractivity contribution is -0.122. The SMILES string of the molecule is Cc1ccccc1N1C(=O)/C(=C\c2ccc(-c3ccc(F)cc3)o2)C(=O)NC1=S. The molecule has 2 heterocycles. The highest BCUT2D eigenvalue weighted by Crippen LogP contribution is 2.27. The van der Waals surface area contributed by atoms with Gasteiger partial charge in [0.1, 0.15) is 22.9 Å². The molecule has 0 bridgehead atoms. The van der Waals surface area contributed by atoms with Crippen LogP contribution < -0.4 is 10.2 Å². The molecule has 0 saturated carbocycles. The highest BCUT2D eigenvalue weighted by Gasteiger charge is 2.35. The summed E-state index contributed by atoms with van der Waals surface area (Å²) in [6, 6.07) is 16.4. The number of para-hydroxylation sites is 1. The van der Waals surface area contributed by atoms with E-state index in [1.165, 1.54) is 23.1 Å². The molecule has 0 atom stereocenters. The molecule has 5 nitrogen and oxygen atoms in total. The van der Waals surface area contributed by atoms with Crippen LogP contribution in [0.3, 0.4) is 0 Å². The van der Waals surface area contributed by atoms with E-state index in [1.54, 1.807) is 36.4 Å². The number of nitrogens with one attached hydrogen (secondary N) is 1. The summed E-state index contributed by atoms with van der Waals surface area (Å²) in [4.78, 5) is 26.7. The van der Waals surface area contributed by atoms with Crippen molar-refractivity contribution in [2.45, 2.75) is 6.92 Å². The normalized spacial score (nSPS) is 15.7. The van der Waals surface area contributed by atoms with Gasteiger partial charge in [-0.3, -0.25) is 19.8 Å². The van der Waals surface area contributed by atoms with Gasteiger partial charge in [0, 0.05) is 5.56 Å². The summed E-state index contributed by atoms with van der Waals surface area (Å²) < 4.78 is 18.8. The van der Waals surface area contributed by atoms with Gasteiger partial charge in [-0.05, 0) is 73.2 Å². The van der Waals surface area contributed by atoms with Crippen LogP contribution in [0, 0.1) is 12.7 Å². The van der Waals surface area contributed by atoms with Gasteiger partial charge in [-0.1, -0.05) is 18.2 Å². The molecule has 2 aromatic carbocycles. The minimum atomic E-state index is -0.593. The molecule has 0 spiro atoms. The maximum atomic E-state index is 13.1. The highest BCUT2D eigenvalue weighted by molar-refractivity contribution is 7.80. The number of benzene rings is 2.